The first-order valence-corrected chi connectivity index (χ1v) is 7.12. The summed E-state index contributed by atoms with van der Waals surface area (Å²) >= 11 is 0. The van der Waals surface area contributed by atoms with Crippen molar-refractivity contribution in [2.45, 2.75) is 19.8 Å². The van der Waals surface area contributed by atoms with Gasteiger partial charge in [0.15, 0.2) is 0 Å². The number of carbonyl (C=O) groups is 1. The number of nitrogens with zero attached hydrogens (tertiary/aromatic N) is 2. The van der Waals surface area contributed by atoms with Gasteiger partial charge in [0.25, 0.3) is 5.91 Å². The van der Waals surface area contributed by atoms with E-state index in [1.165, 1.54) is 6.20 Å². The fourth-order valence-electron chi connectivity index (χ4n) is 2.26. The first-order chi connectivity index (χ1) is 10.1. The number of carbonyl (C=O) groups excluding carboxylic acids is 1. The predicted octanol–water partition coefficient (Wildman–Crippen LogP) is 2.35. The van der Waals surface area contributed by atoms with Crippen LogP contribution in [0.5, 0.6) is 0 Å². The van der Waals surface area contributed by atoms with Crippen LogP contribution in [0, 0.1) is 17.2 Å². The van der Waals surface area contributed by atoms with Gasteiger partial charge in [0.2, 0.25) is 0 Å². The van der Waals surface area contributed by atoms with Crippen LogP contribution in [-0.2, 0) is 4.79 Å². The van der Waals surface area contributed by atoms with Crippen LogP contribution < -0.4 is 11.1 Å². The lowest BCUT2D eigenvalue weighted by atomic mass is 9.99. The Kier molecular flexibility index (Phi) is 4.83. The Morgan fingerprint density at radius 2 is 2.00 bits per heavy atom. The van der Waals surface area contributed by atoms with Gasteiger partial charge in [-0.05, 0) is 43.0 Å². The third-order valence-electron chi connectivity index (χ3n) is 3.72. The lowest BCUT2D eigenvalue weighted by Gasteiger charge is -2.30. The van der Waals surface area contributed by atoms with Crippen LogP contribution in [0.2, 0.25) is 0 Å². The lowest BCUT2D eigenvalue weighted by molar-refractivity contribution is -0.128. The molecule has 0 unspecified atom stereocenters. The molecule has 1 aromatic rings. The van der Waals surface area contributed by atoms with Crippen molar-refractivity contribution in [2.75, 3.05) is 24.1 Å². The summed E-state index contributed by atoms with van der Waals surface area (Å²) in [4.78, 5) is 14.0. The maximum atomic E-state index is 12.3. The normalized spacial score (nSPS) is 16.4. The Hall–Kier alpha value is -2.48. The highest BCUT2D eigenvalue weighted by Gasteiger charge is 2.22. The summed E-state index contributed by atoms with van der Waals surface area (Å²) in [6.07, 6.45) is 3.46. The molecule has 0 radical (unpaired) electrons. The Balaban J connectivity index is 2.01. The first-order valence-electron chi connectivity index (χ1n) is 7.12. The minimum absolute atomic E-state index is 0.126. The quantitative estimate of drug-likeness (QED) is 0.507. The van der Waals surface area contributed by atoms with Gasteiger partial charge < -0.3 is 16.0 Å². The van der Waals surface area contributed by atoms with E-state index < -0.39 is 0 Å². The Bertz CT molecular complexity index is 563. The molecule has 2 rings (SSSR count). The van der Waals surface area contributed by atoms with Gasteiger partial charge in [-0.2, -0.15) is 5.26 Å². The van der Waals surface area contributed by atoms with Gasteiger partial charge in [0.05, 0.1) is 0 Å². The Labute approximate surface area is 125 Å². The third-order valence-corrected chi connectivity index (χ3v) is 3.72. The number of benzene rings is 1. The predicted molar refractivity (Wildman–Crippen MR) is 83.2 cm³/mol. The molecule has 1 aliphatic heterocycles. The lowest BCUT2D eigenvalue weighted by Crippen LogP contribution is -2.38. The summed E-state index contributed by atoms with van der Waals surface area (Å²) in [5, 5.41) is 12.1. The highest BCUT2D eigenvalue weighted by Crippen LogP contribution is 2.18. The summed E-state index contributed by atoms with van der Waals surface area (Å²) in [5.74, 6) is 0.448. The maximum absolute atomic E-state index is 12.3. The number of nitriles is 1. The topological polar surface area (TPSA) is 82.2 Å². The Morgan fingerprint density at radius 3 is 2.57 bits per heavy atom. The monoisotopic (exact) mass is 284 g/mol. The molecule has 0 aromatic heterocycles. The number of hydrogen-bond acceptors (Lipinski definition) is 4. The molecular formula is C16H20N4O. The first kappa shape index (κ1) is 14.9. The zero-order valence-corrected chi connectivity index (χ0v) is 12.2. The standard InChI is InChI=1S/C16H20N4O/c1-12-6-8-20(9-7-12)16(21)13(10-17)11-19-15-4-2-14(18)3-5-15/h2-5,11-12,19H,6-9,18H2,1H3/b13-11-. The van der Waals surface area contributed by atoms with Gasteiger partial charge in [-0.15, -0.1) is 0 Å². The molecule has 1 saturated heterocycles. The van der Waals surface area contributed by atoms with Gasteiger partial charge in [0.1, 0.15) is 11.6 Å². The van der Waals surface area contributed by atoms with E-state index in [2.05, 4.69) is 12.2 Å². The molecule has 5 nitrogen and oxygen atoms in total. The number of anilines is 2. The minimum atomic E-state index is -0.202. The van der Waals surface area contributed by atoms with E-state index in [1.54, 1.807) is 29.2 Å². The molecule has 3 N–H and O–H groups in total. The fraction of sp³-hybridized carbons (Fsp3) is 0.375. The van der Waals surface area contributed by atoms with Crippen LogP contribution in [-0.4, -0.2) is 23.9 Å². The highest BCUT2D eigenvalue weighted by atomic mass is 16.2. The van der Waals surface area contributed by atoms with Gasteiger partial charge in [0, 0.05) is 30.7 Å². The second-order valence-electron chi connectivity index (χ2n) is 5.41. The molecule has 1 aliphatic rings. The fourth-order valence-corrected chi connectivity index (χ4v) is 2.26. The molecule has 1 fully saturated rings. The molecule has 1 aromatic carbocycles. The van der Waals surface area contributed by atoms with Crippen molar-refractivity contribution in [2.24, 2.45) is 5.92 Å². The van der Waals surface area contributed by atoms with E-state index in [-0.39, 0.29) is 11.5 Å². The molecule has 21 heavy (non-hydrogen) atoms. The number of nitrogens with one attached hydrogen (secondary N) is 1. The zero-order valence-electron chi connectivity index (χ0n) is 12.2. The van der Waals surface area contributed by atoms with E-state index in [0.717, 1.165) is 31.6 Å². The smallest absolute Gasteiger partial charge is 0.266 e. The summed E-state index contributed by atoms with van der Waals surface area (Å²) in [7, 11) is 0. The molecule has 0 bridgehead atoms. The number of rotatable bonds is 3. The Morgan fingerprint density at radius 1 is 1.38 bits per heavy atom. The van der Waals surface area contributed by atoms with Gasteiger partial charge in [-0.1, -0.05) is 6.92 Å². The van der Waals surface area contributed by atoms with Gasteiger partial charge >= 0.3 is 0 Å². The van der Waals surface area contributed by atoms with Crippen LogP contribution >= 0.6 is 0 Å². The van der Waals surface area contributed by atoms with Crippen LogP contribution in [0.3, 0.4) is 0 Å². The molecule has 1 heterocycles. The van der Waals surface area contributed by atoms with E-state index in [9.17, 15) is 10.1 Å². The maximum Gasteiger partial charge on any atom is 0.266 e. The number of nitrogen functional groups attached to an aromatic ring is 1. The van der Waals surface area contributed by atoms with Crippen molar-refractivity contribution < 1.29 is 4.79 Å². The summed E-state index contributed by atoms with van der Waals surface area (Å²) in [6, 6.07) is 9.09. The van der Waals surface area contributed by atoms with E-state index >= 15 is 0 Å². The SMILES string of the molecule is CC1CCN(C(=O)/C(C#N)=C\Nc2ccc(N)cc2)CC1. The second-order valence-corrected chi connectivity index (χ2v) is 5.41. The number of hydrogen-bond donors (Lipinski definition) is 2. The van der Waals surface area contributed by atoms with Crippen LogP contribution in [0.4, 0.5) is 11.4 Å². The highest BCUT2D eigenvalue weighted by molar-refractivity contribution is 5.97. The van der Waals surface area contributed by atoms with Crippen molar-refractivity contribution >= 4 is 17.3 Å². The minimum Gasteiger partial charge on any atom is -0.399 e. The molecule has 0 aliphatic carbocycles. The van der Waals surface area contributed by atoms with Crippen molar-refractivity contribution in [1.29, 1.82) is 5.26 Å². The number of piperidine rings is 1. The van der Waals surface area contributed by atoms with E-state index in [0.29, 0.717) is 11.6 Å². The largest absolute Gasteiger partial charge is 0.399 e. The van der Waals surface area contributed by atoms with Crippen molar-refractivity contribution in [3.05, 3.63) is 36.0 Å². The molecule has 5 heteroatoms. The number of nitrogens with two attached hydrogens (primary N) is 1. The van der Waals surface area contributed by atoms with E-state index in [4.69, 9.17) is 5.73 Å². The molecule has 110 valence electrons. The van der Waals surface area contributed by atoms with Crippen LogP contribution in [0.1, 0.15) is 19.8 Å². The van der Waals surface area contributed by atoms with Gasteiger partial charge in [-0.3, -0.25) is 4.79 Å². The molecule has 0 atom stereocenters. The van der Waals surface area contributed by atoms with Crippen LogP contribution in [0.25, 0.3) is 0 Å². The van der Waals surface area contributed by atoms with Crippen molar-refractivity contribution in [1.82, 2.24) is 4.90 Å². The third kappa shape index (κ3) is 3.99. The summed E-state index contributed by atoms with van der Waals surface area (Å²) in [6.45, 7) is 3.63. The van der Waals surface area contributed by atoms with E-state index in [1.807, 2.05) is 6.07 Å². The molecule has 0 spiro atoms. The molecule has 1 amide bonds. The average molecular weight is 284 g/mol. The van der Waals surface area contributed by atoms with Crippen molar-refractivity contribution in [3.8, 4) is 6.07 Å². The zero-order chi connectivity index (χ0) is 15.2. The molecule has 0 saturated carbocycles. The summed E-state index contributed by atoms with van der Waals surface area (Å²) < 4.78 is 0. The average Bonchev–Trinajstić information content (AvgIpc) is 2.50. The van der Waals surface area contributed by atoms with Crippen LogP contribution in [0.15, 0.2) is 36.0 Å². The summed E-state index contributed by atoms with van der Waals surface area (Å²) in [5.41, 5.74) is 7.19. The molecular weight excluding hydrogens is 264 g/mol. The second kappa shape index (κ2) is 6.80. The van der Waals surface area contributed by atoms with Crippen molar-refractivity contribution in [3.63, 3.8) is 0 Å². The van der Waals surface area contributed by atoms with Gasteiger partial charge in [-0.25, -0.2) is 0 Å². The number of likely N-dealkylation sites (tertiary alicyclic amines) is 1. The number of amides is 1.